The van der Waals surface area contributed by atoms with E-state index in [1.54, 1.807) is 80.6 Å². The first-order valence-electron chi connectivity index (χ1n) is 13.5. The van der Waals surface area contributed by atoms with E-state index in [9.17, 15) is 19.4 Å². The van der Waals surface area contributed by atoms with Crippen LogP contribution in [-0.2, 0) is 20.0 Å². The van der Waals surface area contributed by atoms with Crippen LogP contribution in [0.2, 0.25) is 0 Å². The summed E-state index contributed by atoms with van der Waals surface area (Å²) in [6.07, 6.45) is 0.997. The van der Waals surface area contributed by atoms with Crippen LogP contribution in [0.25, 0.3) is 11.1 Å². The van der Waals surface area contributed by atoms with Crippen LogP contribution < -0.4 is 4.74 Å². The number of aromatic carboxylic acids is 1. The number of ether oxygens (including phenoxy) is 1. The number of carbonyl (C=O) groups is 1. The Morgan fingerprint density at radius 3 is 2.22 bits per heavy atom. The van der Waals surface area contributed by atoms with Crippen LogP contribution >= 0.6 is 0 Å². The van der Waals surface area contributed by atoms with Gasteiger partial charge in [-0.05, 0) is 73.9 Å². The molecule has 4 aromatic carbocycles. The fourth-order valence-electron chi connectivity index (χ4n) is 4.93. The molecular formula is C33H35FO6S. The minimum absolute atomic E-state index is 0.0116. The molecule has 0 aliphatic heterocycles. The third-order valence-electron chi connectivity index (χ3n) is 7.16. The zero-order chi connectivity index (χ0) is 29.6. The van der Waals surface area contributed by atoms with Gasteiger partial charge in [-0.15, -0.1) is 9.35 Å². The van der Waals surface area contributed by atoms with Crippen LogP contribution in [0.1, 0.15) is 43.1 Å². The van der Waals surface area contributed by atoms with Gasteiger partial charge in [-0.2, -0.15) is 4.21 Å². The Kier molecular flexibility index (Phi) is 8.95. The molecule has 0 amide bonds. The summed E-state index contributed by atoms with van der Waals surface area (Å²) in [4.78, 5) is 12.7. The average molecular weight is 579 g/mol. The molecule has 0 aliphatic rings. The molecule has 4 aromatic rings. The fraction of sp³-hybridized carbons (Fsp3) is 0.242. The molecule has 2 N–H and O–H groups in total. The van der Waals surface area contributed by atoms with Crippen LogP contribution in [0.3, 0.4) is 0 Å². The van der Waals surface area contributed by atoms with Crippen LogP contribution in [0.5, 0.6) is 11.5 Å². The smallest absolute Gasteiger partial charge is 0.337 e. The number of phenolic OH excluding ortho intramolecular Hbond substituents is 1. The first kappa shape index (κ1) is 30.0. The molecule has 0 heterocycles. The van der Waals surface area contributed by atoms with Crippen molar-refractivity contribution in [2.24, 2.45) is 0 Å². The number of carboxylic acids is 1. The summed E-state index contributed by atoms with van der Waals surface area (Å²) in [7, 11) is -4.37. The minimum Gasteiger partial charge on any atom is -0.507 e. The summed E-state index contributed by atoms with van der Waals surface area (Å²) in [6.45, 7) is 5.76. The predicted molar refractivity (Wildman–Crippen MR) is 159 cm³/mol. The van der Waals surface area contributed by atoms with Gasteiger partial charge in [-0.3, -0.25) is 4.18 Å². The second-order valence-electron chi connectivity index (χ2n) is 9.96. The van der Waals surface area contributed by atoms with Crippen molar-refractivity contribution >= 4 is 15.3 Å². The van der Waals surface area contributed by atoms with Gasteiger partial charge in [0.1, 0.15) is 17.3 Å². The molecule has 0 saturated carbocycles. The van der Waals surface area contributed by atoms with Crippen LogP contribution in [-0.4, -0.2) is 38.9 Å². The number of aryl methyl sites for hydroxylation is 1. The SMILES string of the molecule is CCc1cc(-c2ccc(F)cc2)c(O)cc1OCCCOS(=O)(c1ccccc1)(c1ccccc1C(=O)O)C(C)C. The van der Waals surface area contributed by atoms with E-state index in [0.717, 1.165) is 5.56 Å². The molecule has 0 spiro atoms. The monoisotopic (exact) mass is 578 g/mol. The van der Waals surface area contributed by atoms with Gasteiger partial charge in [0.25, 0.3) is 0 Å². The Morgan fingerprint density at radius 1 is 0.927 bits per heavy atom. The molecule has 0 fully saturated rings. The summed E-state index contributed by atoms with van der Waals surface area (Å²) < 4.78 is 41.2. The van der Waals surface area contributed by atoms with Crippen molar-refractivity contribution in [3.8, 4) is 22.6 Å². The highest BCUT2D eigenvalue weighted by atomic mass is 32.3. The summed E-state index contributed by atoms with van der Waals surface area (Å²) >= 11 is 0. The van der Waals surface area contributed by atoms with Gasteiger partial charge in [0.2, 0.25) is 0 Å². The molecule has 6 nitrogen and oxygen atoms in total. The standard InChI is InChI=1S/C33H35FO6S/c1-4-24-21-29(25-15-17-26(34)18-16-25)30(35)22-31(24)39-19-10-20-40-41(38,23(2)3,27-11-6-5-7-12-27)32-14-9-8-13-28(32)33(36)37/h5-9,11-18,21-23,35H,4,10,19-20H2,1-3H3,(H,36,37). The maximum absolute atomic E-state index is 15.4. The number of hydrogen-bond acceptors (Lipinski definition) is 5. The van der Waals surface area contributed by atoms with Crippen LogP contribution in [0, 0.1) is 5.82 Å². The average Bonchev–Trinajstić information content (AvgIpc) is 2.98. The quantitative estimate of drug-likeness (QED) is 0.169. The van der Waals surface area contributed by atoms with E-state index in [1.165, 1.54) is 18.2 Å². The van der Waals surface area contributed by atoms with Gasteiger partial charge in [0.05, 0.1) is 28.6 Å². The first-order chi connectivity index (χ1) is 19.6. The second-order valence-corrected chi connectivity index (χ2v) is 13.9. The molecule has 8 heteroatoms. The van der Waals surface area contributed by atoms with Crippen LogP contribution in [0.4, 0.5) is 4.39 Å². The van der Waals surface area contributed by atoms with E-state index >= 15 is 4.21 Å². The van der Waals surface area contributed by atoms with E-state index in [2.05, 4.69) is 0 Å². The van der Waals surface area contributed by atoms with Gasteiger partial charge in [0.15, 0.2) is 0 Å². The molecule has 0 aliphatic carbocycles. The van der Waals surface area contributed by atoms with Crippen molar-refractivity contribution in [3.05, 3.63) is 108 Å². The van der Waals surface area contributed by atoms with Crippen molar-refractivity contribution in [1.82, 2.24) is 0 Å². The van der Waals surface area contributed by atoms with E-state index < -0.39 is 20.6 Å². The lowest BCUT2D eigenvalue weighted by Gasteiger charge is -2.52. The lowest BCUT2D eigenvalue weighted by atomic mass is 10.00. The molecule has 0 saturated heterocycles. The summed E-state index contributed by atoms with van der Waals surface area (Å²) in [6, 6.07) is 24.3. The Labute approximate surface area is 240 Å². The van der Waals surface area contributed by atoms with Gasteiger partial charge < -0.3 is 14.9 Å². The van der Waals surface area contributed by atoms with E-state index in [0.29, 0.717) is 34.6 Å². The maximum atomic E-state index is 15.4. The zero-order valence-electron chi connectivity index (χ0n) is 23.4. The van der Waals surface area contributed by atoms with E-state index in [4.69, 9.17) is 8.92 Å². The number of aromatic hydroxyl groups is 1. The van der Waals surface area contributed by atoms with Crippen molar-refractivity contribution in [1.29, 1.82) is 0 Å². The topological polar surface area (TPSA) is 93.1 Å². The predicted octanol–water partition coefficient (Wildman–Crippen LogP) is 7.51. The number of phenols is 1. The molecule has 4 rings (SSSR count). The fourth-order valence-corrected chi connectivity index (χ4v) is 8.80. The number of hydrogen-bond donors (Lipinski definition) is 2. The second kappa shape index (κ2) is 12.2. The van der Waals surface area contributed by atoms with E-state index in [-0.39, 0.29) is 35.2 Å². The first-order valence-corrected chi connectivity index (χ1v) is 15.5. The molecule has 0 atom stereocenters. The Hall–Kier alpha value is -4.01. The Bertz CT molecular complexity index is 1580. The molecule has 0 bridgehead atoms. The summed E-state index contributed by atoms with van der Waals surface area (Å²) in [5.74, 6) is -1.01. The van der Waals surface area contributed by atoms with Crippen molar-refractivity contribution in [2.75, 3.05) is 13.2 Å². The highest BCUT2D eigenvalue weighted by Crippen LogP contribution is 2.50. The minimum atomic E-state index is -4.37. The Morgan fingerprint density at radius 2 is 1.59 bits per heavy atom. The van der Waals surface area contributed by atoms with Gasteiger partial charge in [-0.25, -0.2) is 9.18 Å². The van der Waals surface area contributed by atoms with Crippen molar-refractivity contribution in [3.63, 3.8) is 0 Å². The summed E-state index contributed by atoms with van der Waals surface area (Å²) in [5.41, 5.74) is 2.07. The molecule has 0 radical (unpaired) electrons. The molecule has 216 valence electrons. The largest absolute Gasteiger partial charge is 0.507 e. The van der Waals surface area contributed by atoms with Gasteiger partial charge in [0, 0.05) is 23.3 Å². The lowest BCUT2D eigenvalue weighted by molar-refractivity contribution is 0.0692. The van der Waals surface area contributed by atoms with Gasteiger partial charge >= 0.3 is 5.97 Å². The maximum Gasteiger partial charge on any atom is 0.337 e. The molecular weight excluding hydrogens is 543 g/mol. The zero-order valence-corrected chi connectivity index (χ0v) is 24.2. The van der Waals surface area contributed by atoms with Crippen molar-refractivity contribution in [2.45, 2.75) is 48.7 Å². The van der Waals surface area contributed by atoms with Crippen LogP contribution in [0.15, 0.2) is 101 Å². The number of rotatable bonds is 12. The summed E-state index contributed by atoms with van der Waals surface area (Å²) in [5, 5.41) is 20.1. The Balaban J connectivity index is 1.58. The number of benzene rings is 4. The van der Waals surface area contributed by atoms with Crippen molar-refractivity contribution < 1.29 is 32.5 Å². The van der Waals surface area contributed by atoms with E-state index in [1.807, 2.05) is 13.0 Å². The highest BCUT2D eigenvalue weighted by Gasteiger charge is 2.42. The third-order valence-corrected chi connectivity index (χ3v) is 11.9. The molecule has 41 heavy (non-hydrogen) atoms. The highest BCUT2D eigenvalue weighted by molar-refractivity contribution is 8.16. The normalized spacial score (nSPS) is 12.6. The number of halogens is 1. The third kappa shape index (κ3) is 5.76. The lowest BCUT2D eigenvalue weighted by Crippen LogP contribution is -2.46. The number of carboxylic acid groups (broad SMARTS) is 1. The van der Waals surface area contributed by atoms with Gasteiger partial charge in [-0.1, -0.05) is 49.4 Å². The molecule has 0 aromatic heterocycles. The molecule has 0 unspecified atom stereocenters.